The van der Waals surface area contributed by atoms with Crippen LogP contribution in [0.25, 0.3) is 11.1 Å². The molecule has 1 aromatic heterocycles. The van der Waals surface area contributed by atoms with Crippen molar-refractivity contribution in [3.8, 4) is 11.1 Å². The Bertz CT molecular complexity index is 488. The highest BCUT2D eigenvalue weighted by atomic mass is 79.9. The van der Waals surface area contributed by atoms with Gasteiger partial charge in [0.2, 0.25) is 0 Å². The van der Waals surface area contributed by atoms with Gasteiger partial charge in [-0.25, -0.2) is 4.79 Å². The minimum atomic E-state index is -0.355. The van der Waals surface area contributed by atoms with Gasteiger partial charge in [-0.1, -0.05) is 30.3 Å². The van der Waals surface area contributed by atoms with Crippen molar-refractivity contribution in [2.75, 3.05) is 0 Å². The molecular weight excluding hydrogens is 244 g/mol. The Balaban J connectivity index is 2.64. The van der Waals surface area contributed by atoms with Crippen molar-refractivity contribution in [3.05, 3.63) is 57.6 Å². The molecular formula is C11H7BrO2. The van der Waals surface area contributed by atoms with Crippen molar-refractivity contribution in [3.63, 3.8) is 0 Å². The quantitative estimate of drug-likeness (QED) is 0.779. The molecule has 0 bridgehead atoms. The highest BCUT2D eigenvalue weighted by Gasteiger charge is 2.05. The van der Waals surface area contributed by atoms with Crippen LogP contribution in [-0.4, -0.2) is 0 Å². The highest BCUT2D eigenvalue weighted by Crippen LogP contribution is 2.24. The first kappa shape index (κ1) is 9.21. The molecule has 0 fully saturated rings. The monoisotopic (exact) mass is 250 g/mol. The van der Waals surface area contributed by atoms with Crippen molar-refractivity contribution >= 4 is 15.9 Å². The third-order valence-corrected chi connectivity index (χ3v) is 2.66. The van der Waals surface area contributed by atoms with Gasteiger partial charge in [-0.3, -0.25) is 0 Å². The van der Waals surface area contributed by atoms with E-state index in [0.717, 1.165) is 11.1 Å². The van der Waals surface area contributed by atoms with Crippen LogP contribution in [0.2, 0.25) is 0 Å². The molecule has 0 spiro atoms. The lowest BCUT2D eigenvalue weighted by Gasteiger charge is -2.01. The third kappa shape index (κ3) is 1.63. The summed E-state index contributed by atoms with van der Waals surface area (Å²) in [4.78, 5) is 11.2. The zero-order valence-corrected chi connectivity index (χ0v) is 8.82. The van der Waals surface area contributed by atoms with E-state index in [0.29, 0.717) is 4.47 Å². The van der Waals surface area contributed by atoms with E-state index in [1.165, 1.54) is 6.26 Å². The van der Waals surface area contributed by atoms with Crippen molar-refractivity contribution in [2.24, 2.45) is 0 Å². The zero-order chi connectivity index (χ0) is 9.97. The Hall–Kier alpha value is -1.35. The van der Waals surface area contributed by atoms with Gasteiger partial charge in [-0.2, -0.15) is 0 Å². The minimum absolute atomic E-state index is 0.355. The van der Waals surface area contributed by atoms with E-state index in [4.69, 9.17) is 4.42 Å². The normalized spacial score (nSPS) is 10.1. The van der Waals surface area contributed by atoms with Crippen LogP contribution in [0.3, 0.4) is 0 Å². The van der Waals surface area contributed by atoms with Crippen molar-refractivity contribution in [2.45, 2.75) is 0 Å². The van der Waals surface area contributed by atoms with E-state index >= 15 is 0 Å². The first-order chi connectivity index (χ1) is 6.79. The van der Waals surface area contributed by atoms with Crippen LogP contribution in [0.4, 0.5) is 0 Å². The number of hydrogen-bond donors (Lipinski definition) is 0. The summed E-state index contributed by atoms with van der Waals surface area (Å²) in [7, 11) is 0. The van der Waals surface area contributed by atoms with Gasteiger partial charge in [-0.15, -0.1) is 0 Å². The average Bonchev–Trinajstić information content (AvgIpc) is 2.23. The second kappa shape index (κ2) is 3.80. The summed E-state index contributed by atoms with van der Waals surface area (Å²) in [5.74, 6) is 0. The van der Waals surface area contributed by atoms with Crippen LogP contribution < -0.4 is 5.63 Å². The van der Waals surface area contributed by atoms with Gasteiger partial charge in [-0.05, 0) is 27.6 Å². The molecule has 0 atom stereocenters. The van der Waals surface area contributed by atoms with E-state index in [1.807, 2.05) is 30.3 Å². The van der Waals surface area contributed by atoms with Crippen LogP contribution in [-0.2, 0) is 0 Å². The molecule has 2 rings (SSSR count). The van der Waals surface area contributed by atoms with Gasteiger partial charge in [0.05, 0.1) is 6.26 Å². The van der Waals surface area contributed by atoms with Crippen LogP contribution in [0.5, 0.6) is 0 Å². The summed E-state index contributed by atoms with van der Waals surface area (Å²) in [6.07, 6.45) is 1.40. The van der Waals surface area contributed by atoms with Gasteiger partial charge in [0, 0.05) is 5.56 Å². The molecule has 0 radical (unpaired) electrons. The van der Waals surface area contributed by atoms with Crippen molar-refractivity contribution < 1.29 is 4.42 Å². The maximum Gasteiger partial charge on any atom is 0.350 e. The Kier molecular flexibility index (Phi) is 2.50. The first-order valence-electron chi connectivity index (χ1n) is 4.12. The molecule has 0 N–H and O–H groups in total. The minimum Gasteiger partial charge on any atom is -0.430 e. The Morgan fingerprint density at radius 3 is 2.50 bits per heavy atom. The molecule has 2 aromatic rings. The number of benzene rings is 1. The molecule has 0 aliphatic rings. The summed E-state index contributed by atoms with van der Waals surface area (Å²) >= 11 is 3.21. The molecule has 0 saturated heterocycles. The van der Waals surface area contributed by atoms with Gasteiger partial charge in [0.25, 0.3) is 0 Å². The first-order valence-corrected chi connectivity index (χ1v) is 4.91. The van der Waals surface area contributed by atoms with Crippen molar-refractivity contribution in [1.82, 2.24) is 0 Å². The number of hydrogen-bond acceptors (Lipinski definition) is 2. The predicted octanol–water partition coefficient (Wildman–Crippen LogP) is 3.07. The van der Waals surface area contributed by atoms with E-state index in [9.17, 15) is 4.79 Å². The predicted molar refractivity (Wildman–Crippen MR) is 58.1 cm³/mol. The Morgan fingerprint density at radius 2 is 1.79 bits per heavy atom. The molecule has 0 saturated carbocycles. The van der Waals surface area contributed by atoms with E-state index in [1.54, 1.807) is 6.07 Å². The Labute approximate surface area is 89.3 Å². The molecule has 1 heterocycles. The summed E-state index contributed by atoms with van der Waals surface area (Å²) < 4.78 is 5.18. The topological polar surface area (TPSA) is 30.2 Å². The van der Waals surface area contributed by atoms with Crippen molar-refractivity contribution in [1.29, 1.82) is 0 Å². The molecule has 14 heavy (non-hydrogen) atoms. The number of rotatable bonds is 1. The SMILES string of the molecule is O=c1occc(-c2ccccc2)c1Br. The summed E-state index contributed by atoms with van der Waals surface area (Å²) in [5, 5.41) is 0. The molecule has 0 aliphatic carbocycles. The second-order valence-electron chi connectivity index (χ2n) is 2.80. The lowest BCUT2D eigenvalue weighted by Crippen LogP contribution is -1.99. The van der Waals surface area contributed by atoms with Gasteiger partial charge in [0.1, 0.15) is 4.47 Å². The smallest absolute Gasteiger partial charge is 0.350 e. The van der Waals surface area contributed by atoms with Crippen LogP contribution >= 0.6 is 15.9 Å². The van der Waals surface area contributed by atoms with Crippen LogP contribution in [0.1, 0.15) is 0 Å². The third-order valence-electron chi connectivity index (χ3n) is 1.91. The van der Waals surface area contributed by atoms with E-state index in [2.05, 4.69) is 15.9 Å². The summed E-state index contributed by atoms with van der Waals surface area (Å²) in [5.41, 5.74) is 1.49. The molecule has 0 unspecified atom stereocenters. The molecule has 70 valence electrons. The zero-order valence-electron chi connectivity index (χ0n) is 7.24. The molecule has 0 aliphatic heterocycles. The fourth-order valence-electron chi connectivity index (χ4n) is 1.24. The fourth-order valence-corrected chi connectivity index (χ4v) is 1.69. The molecule has 3 heteroatoms. The average molecular weight is 251 g/mol. The van der Waals surface area contributed by atoms with Crippen LogP contribution in [0, 0.1) is 0 Å². The molecule has 0 amide bonds. The Morgan fingerprint density at radius 1 is 1.07 bits per heavy atom. The van der Waals surface area contributed by atoms with Gasteiger partial charge < -0.3 is 4.42 Å². The summed E-state index contributed by atoms with van der Waals surface area (Å²) in [6, 6.07) is 11.4. The van der Waals surface area contributed by atoms with Gasteiger partial charge >= 0.3 is 5.63 Å². The van der Waals surface area contributed by atoms with Gasteiger partial charge in [0.15, 0.2) is 0 Å². The maximum atomic E-state index is 11.2. The molecule has 1 aromatic carbocycles. The van der Waals surface area contributed by atoms with E-state index < -0.39 is 0 Å². The standard InChI is InChI=1S/C11H7BrO2/c12-10-9(6-7-14-11(10)13)8-4-2-1-3-5-8/h1-7H. The fraction of sp³-hybridized carbons (Fsp3) is 0. The second-order valence-corrected chi connectivity index (χ2v) is 3.59. The molecule has 2 nitrogen and oxygen atoms in total. The largest absolute Gasteiger partial charge is 0.430 e. The number of halogens is 1. The van der Waals surface area contributed by atoms with Crippen LogP contribution in [0.15, 0.2) is 56.3 Å². The lowest BCUT2D eigenvalue weighted by atomic mass is 10.1. The highest BCUT2D eigenvalue weighted by molar-refractivity contribution is 9.10. The lowest BCUT2D eigenvalue weighted by molar-refractivity contribution is 0.507. The maximum absolute atomic E-state index is 11.2. The summed E-state index contributed by atoms with van der Waals surface area (Å²) in [6.45, 7) is 0. The van der Waals surface area contributed by atoms with E-state index in [-0.39, 0.29) is 5.63 Å².